The van der Waals surface area contributed by atoms with E-state index in [1.165, 1.54) is 7.05 Å². The van der Waals surface area contributed by atoms with Gasteiger partial charge >= 0.3 is 0 Å². The Bertz CT molecular complexity index is 237. The fraction of sp³-hybridized carbons (Fsp3) is 1.00. The second-order valence-corrected chi connectivity index (χ2v) is 5.10. The highest BCUT2D eigenvalue weighted by Gasteiger charge is 2.26. The lowest BCUT2D eigenvalue weighted by Crippen LogP contribution is -2.29. The van der Waals surface area contributed by atoms with Gasteiger partial charge in [-0.3, -0.25) is 0 Å². The lowest BCUT2D eigenvalue weighted by atomic mass is 10.2. The molecule has 0 amide bonds. The van der Waals surface area contributed by atoms with Crippen LogP contribution in [0.3, 0.4) is 0 Å². The maximum atomic E-state index is 11.1. The third-order valence-electron chi connectivity index (χ3n) is 2.04. The zero-order valence-corrected chi connectivity index (χ0v) is 8.23. The van der Waals surface area contributed by atoms with E-state index in [9.17, 15) is 8.42 Å². The van der Waals surface area contributed by atoms with Crippen molar-refractivity contribution in [2.75, 3.05) is 12.8 Å². The predicted octanol–water partition coefficient (Wildman–Crippen LogP) is 0.103. The van der Waals surface area contributed by atoms with Crippen LogP contribution in [-0.4, -0.2) is 33.4 Å². The second kappa shape index (κ2) is 3.72. The molecule has 0 saturated carbocycles. The molecule has 0 spiro atoms. The number of ether oxygens (including phenoxy) is 1. The SMILES string of the molecule is CNS(=O)(=O)CC1CCC(C)O1. The van der Waals surface area contributed by atoms with Crippen LogP contribution >= 0.6 is 0 Å². The number of sulfonamides is 1. The summed E-state index contributed by atoms with van der Waals surface area (Å²) in [5.41, 5.74) is 0. The fourth-order valence-corrected chi connectivity index (χ4v) is 2.24. The Morgan fingerprint density at radius 3 is 2.58 bits per heavy atom. The smallest absolute Gasteiger partial charge is 0.213 e. The molecule has 2 atom stereocenters. The van der Waals surface area contributed by atoms with Gasteiger partial charge in [0, 0.05) is 0 Å². The first-order valence-electron chi connectivity index (χ1n) is 4.10. The Kier molecular flexibility index (Phi) is 3.09. The normalized spacial score (nSPS) is 30.8. The minimum atomic E-state index is -3.10. The van der Waals surface area contributed by atoms with Crippen LogP contribution in [0.1, 0.15) is 19.8 Å². The second-order valence-electron chi connectivity index (χ2n) is 3.13. The fourth-order valence-electron chi connectivity index (χ4n) is 1.34. The van der Waals surface area contributed by atoms with E-state index in [2.05, 4.69) is 4.72 Å². The quantitative estimate of drug-likeness (QED) is 0.691. The molecule has 1 rings (SSSR count). The van der Waals surface area contributed by atoms with Gasteiger partial charge < -0.3 is 4.74 Å². The van der Waals surface area contributed by atoms with Crippen molar-refractivity contribution in [3.8, 4) is 0 Å². The van der Waals surface area contributed by atoms with E-state index in [0.29, 0.717) is 0 Å². The molecule has 1 saturated heterocycles. The minimum Gasteiger partial charge on any atom is -0.374 e. The molecule has 0 aromatic carbocycles. The monoisotopic (exact) mass is 193 g/mol. The van der Waals surface area contributed by atoms with Crippen molar-refractivity contribution < 1.29 is 13.2 Å². The highest BCUT2D eigenvalue weighted by Crippen LogP contribution is 2.19. The zero-order valence-electron chi connectivity index (χ0n) is 7.41. The van der Waals surface area contributed by atoms with Crippen molar-refractivity contribution >= 4 is 10.0 Å². The molecule has 1 N–H and O–H groups in total. The van der Waals surface area contributed by atoms with E-state index in [0.717, 1.165) is 12.8 Å². The molecule has 12 heavy (non-hydrogen) atoms. The van der Waals surface area contributed by atoms with Crippen molar-refractivity contribution in [1.29, 1.82) is 0 Å². The average molecular weight is 193 g/mol. The van der Waals surface area contributed by atoms with Gasteiger partial charge in [-0.15, -0.1) is 0 Å². The largest absolute Gasteiger partial charge is 0.374 e. The van der Waals surface area contributed by atoms with Crippen molar-refractivity contribution in [1.82, 2.24) is 4.72 Å². The van der Waals surface area contributed by atoms with Gasteiger partial charge in [-0.2, -0.15) is 0 Å². The van der Waals surface area contributed by atoms with Gasteiger partial charge in [-0.25, -0.2) is 13.1 Å². The van der Waals surface area contributed by atoms with Crippen LogP contribution in [0.4, 0.5) is 0 Å². The molecule has 72 valence electrons. The van der Waals surface area contributed by atoms with E-state index in [1.54, 1.807) is 0 Å². The van der Waals surface area contributed by atoms with E-state index >= 15 is 0 Å². The molecule has 5 heteroatoms. The van der Waals surface area contributed by atoms with Crippen LogP contribution < -0.4 is 4.72 Å². The Morgan fingerprint density at radius 2 is 2.17 bits per heavy atom. The van der Waals surface area contributed by atoms with Crippen molar-refractivity contribution in [2.45, 2.75) is 32.0 Å². The molecular formula is C7H15NO3S. The number of rotatable bonds is 3. The zero-order chi connectivity index (χ0) is 9.19. The first-order valence-corrected chi connectivity index (χ1v) is 5.75. The topological polar surface area (TPSA) is 55.4 Å². The van der Waals surface area contributed by atoms with E-state index in [-0.39, 0.29) is 18.0 Å². The molecule has 0 aromatic rings. The number of hydrogen-bond donors (Lipinski definition) is 1. The van der Waals surface area contributed by atoms with Crippen LogP contribution in [0.5, 0.6) is 0 Å². The molecule has 1 aliphatic heterocycles. The van der Waals surface area contributed by atoms with Crippen LogP contribution in [-0.2, 0) is 14.8 Å². The average Bonchev–Trinajstić information content (AvgIpc) is 2.35. The predicted molar refractivity (Wildman–Crippen MR) is 46.4 cm³/mol. The Labute approximate surface area is 73.3 Å². The lowest BCUT2D eigenvalue weighted by molar-refractivity contribution is 0.0689. The summed E-state index contributed by atoms with van der Waals surface area (Å²) in [6.45, 7) is 1.96. The molecular weight excluding hydrogens is 178 g/mol. The Balaban J connectivity index is 2.43. The van der Waals surface area contributed by atoms with E-state index in [1.807, 2.05) is 6.92 Å². The van der Waals surface area contributed by atoms with E-state index in [4.69, 9.17) is 4.74 Å². The molecule has 0 bridgehead atoms. The van der Waals surface area contributed by atoms with Gasteiger partial charge in [0.25, 0.3) is 0 Å². The molecule has 0 radical (unpaired) electrons. The van der Waals surface area contributed by atoms with Gasteiger partial charge in [-0.1, -0.05) is 0 Å². The molecule has 1 fully saturated rings. The van der Waals surface area contributed by atoms with Crippen LogP contribution in [0, 0.1) is 0 Å². The van der Waals surface area contributed by atoms with Gasteiger partial charge in [0.15, 0.2) is 0 Å². The highest BCUT2D eigenvalue weighted by atomic mass is 32.2. The minimum absolute atomic E-state index is 0.0911. The standard InChI is InChI=1S/C7H15NO3S/c1-6-3-4-7(11-6)5-12(9,10)8-2/h6-8H,3-5H2,1-2H3. The van der Waals surface area contributed by atoms with Crippen LogP contribution in [0.25, 0.3) is 0 Å². The van der Waals surface area contributed by atoms with Crippen LogP contribution in [0.2, 0.25) is 0 Å². The van der Waals surface area contributed by atoms with Gasteiger partial charge in [0.1, 0.15) is 0 Å². The number of hydrogen-bond acceptors (Lipinski definition) is 3. The summed E-state index contributed by atoms with van der Waals surface area (Å²) in [6.07, 6.45) is 1.91. The summed E-state index contributed by atoms with van der Waals surface area (Å²) in [7, 11) is -1.68. The van der Waals surface area contributed by atoms with Crippen molar-refractivity contribution in [3.63, 3.8) is 0 Å². The molecule has 0 aliphatic carbocycles. The first kappa shape index (κ1) is 9.95. The maximum absolute atomic E-state index is 11.1. The summed E-state index contributed by atoms with van der Waals surface area (Å²) in [5, 5.41) is 0. The lowest BCUT2D eigenvalue weighted by Gasteiger charge is -2.10. The first-order chi connectivity index (χ1) is 5.53. The molecule has 4 nitrogen and oxygen atoms in total. The summed E-state index contributed by atoms with van der Waals surface area (Å²) in [4.78, 5) is 0. The summed E-state index contributed by atoms with van der Waals surface area (Å²) < 4.78 is 29.8. The van der Waals surface area contributed by atoms with Gasteiger partial charge in [0.05, 0.1) is 18.0 Å². The number of nitrogens with one attached hydrogen (secondary N) is 1. The van der Waals surface area contributed by atoms with Crippen molar-refractivity contribution in [2.24, 2.45) is 0 Å². The Morgan fingerprint density at radius 1 is 1.50 bits per heavy atom. The van der Waals surface area contributed by atoms with E-state index < -0.39 is 10.0 Å². The third kappa shape index (κ3) is 2.73. The summed E-state index contributed by atoms with van der Waals surface area (Å²) >= 11 is 0. The highest BCUT2D eigenvalue weighted by molar-refractivity contribution is 7.89. The van der Waals surface area contributed by atoms with Gasteiger partial charge in [-0.05, 0) is 26.8 Å². The molecule has 2 unspecified atom stereocenters. The summed E-state index contributed by atoms with van der Waals surface area (Å²) in [6, 6.07) is 0. The molecule has 1 heterocycles. The van der Waals surface area contributed by atoms with Crippen molar-refractivity contribution in [3.05, 3.63) is 0 Å². The van der Waals surface area contributed by atoms with Gasteiger partial charge in [0.2, 0.25) is 10.0 Å². The Hall–Kier alpha value is -0.130. The molecule has 0 aromatic heterocycles. The summed E-state index contributed by atoms with van der Waals surface area (Å²) in [5.74, 6) is 0.0911. The van der Waals surface area contributed by atoms with Crippen LogP contribution in [0.15, 0.2) is 0 Å². The maximum Gasteiger partial charge on any atom is 0.213 e. The molecule has 1 aliphatic rings. The third-order valence-corrected chi connectivity index (χ3v) is 3.47.